The second kappa shape index (κ2) is 10.1. The smallest absolute Gasteiger partial charge is 0.355 e. The minimum Gasteiger partial charge on any atom is -0.355 e. The first-order chi connectivity index (χ1) is 17.1. The molecule has 0 bridgehead atoms. The van der Waals surface area contributed by atoms with E-state index in [-0.39, 0.29) is 17.0 Å². The molecule has 0 aliphatic rings. The zero-order valence-electron chi connectivity index (χ0n) is 19.0. The van der Waals surface area contributed by atoms with Crippen molar-refractivity contribution in [2.45, 2.75) is 32.2 Å². The van der Waals surface area contributed by atoms with E-state index in [1.165, 1.54) is 30.5 Å². The van der Waals surface area contributed by atoms with Crippen LogP contribution in [-0.4, -0.2) is 21.5 Å². The lowest BCUT2D eigenvalue weighted by Crippen LogP contribution is -2.15. The van der Waals surface area contributed by atoms with Crippen LogP contribution in [0.1, 0.15) is 30.2 Å². The van der Waals surface area contributed by atoms with Crippen LogP contribution in [0.25, 0.3) is 22.4 Å². The molecule has 0 saturated heterocycles. The van der Waals surface area contributed by atoms with E-state index >= 15 is 0 Å². The molecule has 0 atom stereocenters. The lowest BCUT2D eigenvalue weighted by molar-refractivity contribution is -0.138. The molecular weight excluding hydrogens is 484 g/mol. The highest BCUT2D eigenvalue weighted by Crippen LogP contribution is 2.36. The Morgan fingerprint density at radius 3 is 2.28 bits per heavy atom. The second-order valence-corrected chi connectivity index (χ2v) is 8.00. The van der Waals surface area contributed by atoms with Crippen LogP contribution in [0.2, 0.25) is 0 Å². The van der Waals surface area contributed by atoms with Gasteiger partial charge < -0.3 is 10.6 Å². The Bertz CT molecular complexity index is 1350. The van der Waals surface area contributed by atoms with Crippen LogP contribution in [-0.2, 0) is 18.9 Å². The number of hydrogen-bond donors (Lipinski definition) is 2. The summed E-state index contributed by atoms with van der Waals surface area (Å²) in [6, 6.07) is 11.4. The number of nitrogens with one attached hydrogen (secondary N) is 2. The van der Waals surface area contributed by atoms with Crippen LogP contribution in [0.5, 0.6) is 0 Å². The number of fused-ring (bicyclic) bond motifs is 1. The van der Waals surface area contributed by atoms with Gasteiger partial charge in [0.2, 0.25) is 0 Å². The van der Waals surface area contributed by atoms with Crippen molar-refractivity contribution in [2.24, 2.45) is 0 Å². The zero-order valence-corrected chi connectivity index (χ0v) is 19.0. The van der Waals surface area contributed by atoms with Gasteiger partial charge in [-0.3, -0.25) is 4.98 Å². The van der Waals surface area contributed by atoms with Gasteiger partial charge in [-0.1, -0.05) is 6.92 Å². The standard InChI is InChI=1S/C25H21F6N5/c1-2-11-32-14-17-13-21(34-16-7-5-15(6-8-16)24(26,27)28)18-9-10-20(36-23(18)35-17)22-19(25(29,30)31)4-3-12-33-22/h3-10,12-13,32H,2,11,14H2,1H3,(H,34,35,36). The molecule has 0 aliphatic heterocycles. The van der Waals surface area contributed by atoms with Crippen molar-refractivity contribution in [3.8, 4) is 11.4 Å². The minimum absolute atomic E-state index is 0.00192. The minimum atomic E-state index is -4.62. The molecule has 11 heteroatoms. The first-order valence-corrected chi connectivity index (χ1v) is 11.0. The predicted octanol–water partition coefficient (Wildman–Crippen LogP) is 6.97. The summed E-state index contributed by atoms with van der Waals surface area (Å²) in [6.07, 6.45) is -6.94. The van der Waals surface area contributed by atoms with Crippen molar-refractivity contribution in [3.05, 3.63) is 77.6 Å². The fourth-order valence-corrected chi connectivity index (χ4v) is 3.61. The number of alkyl halides is 6. The number of pyridine rings is 3. The third-order valence-corrected chi connectivity index (χ3v) is 5.31. The van der Waals surface area contributed by atoms with Crippen LogP contribution in [0, 0.1) is 0 Å². The van der Waals surface area contributed by atoms with E-state index in [9.17, 15) is 26.3 Å². The first kappa shape index (κ1) is 25.4. The summed E-state index contributed by atoms with van der Waals surface area (Å²) >= 11 is 0. The average molecular weight is 505 g/mol. The summed E-state index contributed by atoms with van der Waals surface area (Å²) in [7, 11) is 0. The largest absolute Gasteiger partial charge is 0.418 e. The van der Waals surface area contributed by atoms with Crippen LogP contribution in [0.4, 0.5) is 37.7 Å². The maximum absolute atomic E-state index is 13.5. The molecule has 0 fully saturated rings. The third-order valence-electron chi connectivity index (χ3n) is 5.31. The van der Waals surface area contributed by atoms with Crippen molar-refractivity contribution in [1.82, 2.24) is 20.3 Å². The van der Waals surface area contributed by atoms with Gasteiger partial charge in [0.25, 0.3) is 0 Å². The van der Waals surface area contributed by atoms with Gasteiger partial charge in [-0.2, -0.15) is 26.3 Å². The van der Waals surface area contributed by atoms with Crippen LogP contribution >= 0.6 is 0 Å². The fraction of sp³-hybridized carbons (Fsp3) is 0.240. The number of hydrogen-bond acceptors (Lipinski definition) is 5. The Morgan fingerprint density at radius 2 is 1.61 bits per heavy atom. The molecule has 4 rings (SSSR count). The normalized spacial score (nSPS) is 12.2. The first-order valence-electron chi connectivity index (χ1n) is 11.0. The molecule has 0 spiro atoms. The van der Waals surface area contributed by atoms with E-state index in [1.807, 2.05) is 6.92 Å². The molecule has 4 aromatic rings. The van der Waals surface area contributed by atoms with Crippen LogP contribution < -0.4 is 10.6 Å². The topological polar surface area (TPSA) is 62.7 Å². The summed E-state index contributed by atoms with van der Waals surface area (Å²) in [5, 5.41) is 6.77. The molecule has 1 aromatic carbocycles. The van der Waals surface area contributed by atoms with Crippen molar-refractivity contribution < 1.29 is 26.3 Å². The monoisotopic (exact) mass is 505 g/mol. The summed E-state index contributed by atoms with van der Waals surface area (Å²) in [6.45, 7) is 3.09. The Kier molecular flexibility index (Phi) is 7.11. The number of halogens is 6. The van der Waals surface area contributed by atoms with E-state index in [2.05, 4.69) is 25.6 Å². The lowest BCUT2D eigenvalue weighted by Gasteiger charge is -2.15. The van der Waals surface area contributed by atoms with Gasteiger partial charge >= 0.3 is 12.4 Å². The van der Waals surface area contributed by atoms with Gasteiger partial charge in [-0.05, 0) is 67.6 Å². The Labute approximate surface area is 202 Å². The molecule has 0 amide bonds. The van der Waals surface area contributed by atoms with Gasteiger partial charge in [0.1, 0.15) is 5.69 Å². The molecule has 0 unspecified atom stereocenters. The van der Waals surface area contributed by atoms with E-state index in [0.29, 0.717) is 29.0 Å². The van der Waals surface area contributed by atoms with Crippen molar-refractivity contribution in [3.63, 3.8) is 0 Å². The highest BCUT2D eigenvalue weighted by molar-refractivity contribution is 5.92. The van der Waals surface area contributed by atoms with Gasteiger partial charge in [0.15, 0.2) is 5.65 Å². The zero-order chi connectivity index (χ0) is 25.9. The molecule has 0 saturated carbocycles. The number of aromatic nitrogens is 3. The number of benzene rings is 1. The van der Waals surface area contributed by atoms with E-state index in [0.717, 1.165) is 31.2 Å². The highest BCUT2D eigenvalue weighted by Gasteiger charge is 2.34. The fourth-order valence-electron chi connectivity index (χ4n) is 3.61. The van der Waals surface area contributed by atoms with Crippen LogP contribution in [0.3, 0.4) is 0 Å². The number of nitrogens with zero attached hydrogens (tertiary/aromatic N) is 3. The molecule has 3 aromatic heterocycles. The van der Waals surface area contributed by atoms with Gasteiger partial charge in [0, 0.05) is 23.8 Å². The molecule has 5 nitrogen and oxygen atoms in total. The summed E-state index contributed by atoms with van der Waals surface area (Å²) in [4.78, 5) is 12.8. The predicted molar refractivity (Wildman–Crippen MR) is 124 cm³/mol. The van der Waals surface area contributed by atoms with Crippen LogP contribution in [0.15, 0.2) is 60.8 Å². The van der Waals surface area contributed by atoms with Gasteiger partial charge in [-0.25, -0.2) is 9.97 Å². The van der Waals surface area contributed by atoms with Crippen molar-refractivity contribution in [1.29, 1.82) is 0 Å². The number of rotatable bonds is 7. The highest BCUT2D eigenvalue weighted by atomic mass is 19.4. The Balaban J connectivity index is 1.77. The Morgan fingerprint density at radius 1 is 0.861 bits per heavy atom. The molecule has 36 heavy (non-hydrogen) atoms. The third kappa shape index (κ3) is 5.73. The lowest BCUT2D eigenvalue weighted by atomic mass is 10.1. The summed E-state index contributed by atoms with van der Waals surface area (Å²) < 4.78 is 79.3. The molecule has 188 valence electrons. The molecule has 2 N–H and O–H groups in total. The van der Waals surface area contributed by atoms with Gasteiger partial charge in [0.05, 0.1) is 28.2 Å². The van der Waals surface area contributed by atoms with E-state index in [4.69, 9.17) is 0 Å². The van der Waals surface area contributed by atoms with Crippen molar-refractivity contribution in [2.75, 3.05) is 11.9 Å². The molecular formula is C25H21F6N5. The average Bonchev–Trinajstić information content (AvgIpc) is 2.83. The maximum Gasteiger partial charge on any atom is 0.418 e. The quantitative estimate of drug-likeness (QED) is 0.210. The molecule has 0 aliphatic carbocycles. The molecule has 3 heterocycles. The summed E-state index contributed by atoms with van der Waals surface area (Å²) in [5.41, 5.74) is -0.369. The van der Waals surface area contributed by atoms with Crippen molar-refractivity contribution >= 4 is 22.4 Å². The SMILES string of the molecule is CCCNCc1cc(Nc2ccc(C(F)(F)F)cc2)c2ccc(-c3ncccc3C(F)(F)F)nc2n1. The Hall–Kier alpha value is -3.73. The second-order valence-electron chi connectivity index (χ2n) is 8.00. The van der Waals surface area contributed by atoms with E-state index < -0.39 is 23.5 Å². The maximum atomic E-state index is 13.5. The van der Waals surface area contributed by atoms with E-state index in [1.54, 1.807) is 12.1 Å². The summed E-state index contributed by atoms with van der Waals surface area (Å²) in [5.74, 6) is 0. The number of anilines is 2. The molecule has 0 radical (unpaired) electrons. The van der Waals surface area contributed by atoms with Gasteiger partial charge in [-0.15, -0.1) is 0 Å².